The first-order chi connectivity index (χ1) is 14.1. The van der Waals surface area contributed by atoms with E-state index in [2.05, 4.69) is 20.5 Å². The fraction of sp³-hybridized carbons (Fsp3) is 0.500. The Bertz CT molecular complexity index is 743. The first-order valence-electron chi connectivity index (χ1n) is 9.38. The molecule has 1 unspecified atom stereocenters. The van der Waals surface area contributed by atoms with Crippen LogP contribution in [-0.2, 0) is 25.3 Å². The molecule has 0 aliphatic heterocycles. The maximum atomic E-state index is 12.7. The summed E-state index contributed by atoms with van der Waals surface area (Å²) in [5.74, 6) is -0.992. The molecule has 0 heterocycles. The van der Waals surface area contributed by atoms with E-state index >= 15 is 0 Å². The fourth-order valence-electron chi connectivity index (χ4n) is 2.40. The molecule has 1 rings (SSSR count). The lowest BCUT2D eigenvalue weighted by Gasteiger charge is -2.22. The minimum Gasteiger partial charge on any atom is -0.352 e. The number of hydrogen-bond donors (Lipinski definition) is 6. The summed E-state index contributed by atoms with van der Waals surface area (Å²) in [4.78, 5) is 44.4. The third-order valence-electron chi connectivity index (χ3n) is 4.19. The van der Waals surface area contributed by atoms with Gasteiger partial charge < -0.3 is 27.4 Å². The molecule has 3 atom stereocenters. The van der Waals surface area contributed by atoms with Crippen molar-refractivity contribution in [2.75, 3.05) is 11.9 Å². The highest BCUT2D eigenvalue weighted by molar-refractivity contribution is 7.32. The number of amides is 4. The monoisotopic (exact) mass is 442 g/mol. The Labute approximate surface area is 175 Å². The van der Waals surface area contributed by atoms with E-state index in [0.29, 0.717) is 17.7 Å². The van der Waals surface area contributed by atoms with Crippen LogP contribution in [0.25, 0.3) is 0 Å². The third-order valence-corrected chi connectivity index (χ3v) is 4.54. The maximum Gasteiger partial charge on any atom is 0.695 e. The molecule has 30 heavy (non-hydrogen) atoms. The van der Waals surface area contributed by atoms with Crippen molar-refractivity contribution in [3.8, 4) is 0 Å². The number of carbonyl (C=O) groups excluding carboxylic acids is 3. The Morgan fingerprint density at radius 3 is 2.33 bits per heavy atom. The van der Waals surface area contributed by atoms with E-state index in [9.17, 15) is 18.9 Å². The van der Waals surface area contributed by atoms with Gasteiger partial charge in [-0.3, -0.25) is 9.59 Å². The highest BCUT2D eigenvalue weighted by atomic mass is 31.1. The maximum absolute atomic E-state index is 12.7. The summed E-state index contributed by atoms with van der Waals surface area (Å²) in [6.07, 6.45) is 0.673. The van der Waals surface area contributed by atoms with Crippen LogP contribution >= 0.6 is 8.25 Å². The van der Waals surface area contributed by atoms with Crippen molar-refractivity contribution in [1.29, 1.82) is 0 Å². The number of primary amides is 1. The quantitative estimate of drug-likeness (QED) is 0.203. The van der Waals surface area contributed by atoms with Crippen LogP contribution in [0.3, 0.4) is 0 Å². The highest BCUT2D eigenvalue weighted by Gasteiger charge is 2.25. The summed E-state index contributed by atoms with van der Waals surface area (Å²) in [6.45, 7) is 3.81. The Hall–Kier alpha value is -2.59. The van der Waals surface area contributed by atoms with Crippen molar-refractivity contribution < 1.29 is 28.4 Å². The Morgan fingerprint density at radius 1 is 1.17 bits per heavy atom. The van der Waals surface area contributed by atoms with Crippen molar-refractivity contribution in [3.05, 3.63) is 29.8 Å². The highest BCUT2D eigenvalue weighted by Crippen LogP contribution is 2.19. The van der Waals surface area contributed by atoms with Gasteiger partial charge in [-0.2, -0.15) is 0 Å². The summed E-state index contributed by atoms with van der Waals surface area (Å²) >= 11 is 0. The average Bonchev–Trinajstić information content (AvgIpc) is 2.68. The molecule has 4 amide bonds. The van der Waals surface area contributed by atoms with E-state index in [1.807, 2.05) is 0 Å². The molecule has 0 bridgehead atoms. The zero-order valence-corrected chi connectivity index (χ0v) is 17.9. The molecule has 166 valence electrons. The molecule has 0 aromatic heterocycles. The van der Waals surface area contributed by atoms with Gasteiger partial charge in [0.2, 0.25) is 11.8 Å². The Balaban J connectivity index is 2.75. The minimum absolute atomic E-state index is 0.0431. The van der Waals surface area contributed by atoms with Crippen molar-refractivity contribution in [2.45, 2.75) is 45.4 Å². The van der Waals surface area contributed by atoms with Crippen LogP contribution in [-0.4, -0.2) is 41.4 Å². The van der Waals surface area contributed by atoms with Crippen LogP contribution in [0.5, 0.6) is 0 Å². The molecule has 0 fully saturated rings. The molecule has 0 saturated carbocycles. The van der Waals surface area contributed by atoms with E-state index in [1.54, 1.807) is 38.1 Å². The van der Waals surface area contributed by atoms with Gasteiger partial charge in [0.1, 0.15) is 12.6 Å². The van der Waals surface area contributed by atoms with Crippen LogP contribution in [0.4, 0.5) is 10.5 Å². The second-order valence-electron chi connectivity index (χ2n) is 6.96. The lowest BCUT2D eigenvalue weighted by atomic mass is 10.0. The van der Waals surface area contributed by atoms with Gasteiger partial charge >= 0.3 is 14.3 Å². The smallest absolute Gasteiger partial charge is 0.352 e. The lowest BCUT2D eigenvalue weighted by Crippen LogP contribution is -2.51. The standard InChI is InChI=1S/C18H28N5O6P/c1-11(2)15(19)17(25)23-14(4-3-9-21-18(20)26)16(24)22-13-7-5-12(6-8-13)10-29-30(27)28/h5-8,11,14-15H,3-4,9-10,19H2,1-2H3,(H5-,20,21,22,23,24,25,26,27,28)/p+1/t14-,15-/m0/s1. The number of anilines is 1. The third kappa shape index (κ3) is 9.75. The topological polar surface area (TPSA) is 186 Å². The Kier molecular flexibility index (Phi) is 10.9. The average molecular weight is 442 g/mol. The molecular formula is C18H29N5O6P+. The summed E-state index contributed by atoms with van der Waals surface area (Å²) in [5, 5.41) is 7.78. The minimum atomic E-state index is -2.69. The van der Waals surface area contributed by atoms with Gasteiger partial charge in [0.15, 0.2) is 0 Å². The summed E-state index contributed by atoms with van der Waals surface area (Å²) in [6, 6.07) is 4.18. The van der Waals surface area contributed by atoms with Crippen LogP contribution in [0.15, 0.2) is 24.3 Å². The molecule has 1 aromatic rings. The molecule has 0 aliphatic carbocycles. The van der Waals surface area contributed by atoms with E-state index in [0.717, 1.165) is 0 Å². The number of benzene rings is 1. The number of hydrogen-bond acceptors (Lipinski definition) is 6. The van der Waals surface area contributed by atoms with Crippen LogP contribution < -0.4 is 27.4 Å². The van der Waals surface area contributed by atoms with Crippen LogP contribution in [0.1, 0.15) is 32.3 Å². The van der Waals surface area contributed by atoms with E-state index in [1.165, 1.54) is 0 Å². The second kappa shape index (κ2) is 12.9. The number of nitrogens with two attached hydrogens (primary N) is 2. The van der Waals surface area contributed by atoms with Crippen molar-refractivity contribution in [1.82, 2.24) is 10.6 Å². The molecule has 0 radical (unpaired) electrons. The summed E-state index contributed by atoms with van der Waals surface area (Å²) in [7, 11) is -2.69. The largest absolute Gasteiger partial charge is 0.695 e. The SMILES string of the molecule is CC(C)[C@H](N)C(=O)N[C@@H](CCCNC(N)=O)C(=O)Nc1ccc(CO[P+](=O)O)cc1. The number of nitrogens with one attached hydrogen (secondary N) is 3. The molecular weight excluding hydrogens is 413 g/mol. The Morgan fingerprint density at radius 2 is 1.80 bits per heavy atom. The predicted molar refractivity (Wildman–Crippen MR) is 111 cm³/mol. The van der Waals surface area contributed by atoms with E-state index < -0.39 is 38.2 Å². The van der Waals surface area contributed by atoms with Crippen molar-refractivity contribution in [2.24, 2.45) is 17.4 Å². The predicted octanol–water partition coefficient (Wildman–Crippen LogP) is 0.708. The van der Waals surface area contributed by atoms with Crippen molar-refractivity contribution in [3.63, 3.8) is 0 Å². The molecule has 0 saturated heterocycles. The second-order valence-corrected chi connectivity index (χ2v) is 7.70. The first-order valence-corrected chi connectivity index (χ1v) is 10.5. The zero-order chi connectivity index (χ0) is 22.7. The van der Waals surface area contributed by atoms with Gasteiger partial charge in [0, 0.05) is 16.8 Å². The van der Waals surface area contributed by atoms with Gasteiger partial charge in [0.25, 0.3) is 0 Å². The summed E-state index contributed by atoms with van der Waals surface area (Å²) < 4.78 is 15.2. The van der Waals surface area contributed by atoms with Gasteiger partial charge in [-0.05, 0) is 36.5 Å². The normalized spacial score (nSPS) is 13.3. The molecule has 0 spiro atoms. The van der Waals surface area contributed by atoms with Gasteiger partial charge in [-0.15, -0.1) is 9.42 Å². The molecule has 12 heteroatoms. The number of carbonyl (C=O) groups is 3. The number of rotatable bonds is 12. The fourth-order valence-corrected chi connectivity index (χ4v) is 2.66. The van der Waals surface area contributed by atoms with Gasteiger partial charge in [0.05, 0.1) is 6.04 Å². The molecule has 1 aromatic carbocycles. The first kappa shape index (κ1) is 25.4. The molecule has 8 N–H and O–H groups in total. The van der Waals surface area contributed by atoms with Gasteiger partial charge in [-0.25, -0.2) is 4.79 Å². The summed E-state index contributed by atoms with van der Waals surface area (Å²) in [5.41, 5.74) is 12.0. The van der Waals surface area contributed by atoms with Crippen LogP contribution in [0.2, 0.25) is 0 Å². The lowest BCUT2D eigenvalue weighted by molar-refractivity contribution is -0.128. The molecule has 11 nitrogen and oxygen atoms in total. The number of urea groups is 1. The van der Waals surface area contributed by atoms with Crippen molar-refractivity contribution >= 4 is 31.8 Å². The van der Waals surface area contributed by atoms with E-state index in [4.69, 9.17) is 16.4 Å². The molecule has 0 aliphatic rings. The van der Waals surface area contributed by atoms with E-state index in [-0.39, 0.29) is 25.5 Å². The zero-order valence-electron chi connectivity index (χ0n) is 17.0. The van der Waals surface area contributed by atoms with Crippen LogP contribution in [0, 0.1) is 5.92 Å². The van der Waals surface area contributed by atoms with Gasteiger partial charge in [-0.1, -0.05) is 26.0 Å².